The predicted molar refractivity (Wildman–Crippen MR) is 91.0 cm³/mol. The number of ether oxygens (including phenoxy) is 1. The zero-order chi connectivity index (χ0) is 16.8. The van der Waals surface area contributed by atoms with Crippen molar-refractivity contribution in [1.29, 1.82) is 0 Å². The molecule has 0 bridgehead atoms. The van der Waals surface area contributed by atoms with Gasteiger partial charge in [-0.3, -0.25) is 9.69 Å². The molecule has 1 atom stereocenters. The maximum atomic E-state index is 12.2. The van der Waals surface area contributed by atoms with Crippen molar-refractivity contribution < 1.29 is 9.53 Å². The average molecular weight is 313 g/mol. The molecule has 1 saturated heterocycles. The van der Waals surface area contributed by atoms with Crippen molar-refractivity contribution in [1.82, 2.24) is 15.1 Å². The highest BCUT2D eigenvalue weighted by Crippen LogP contribution is 2.17. The Kier molecular flexibility index (Phi) is 7.80. The molecule has 0 unspecified atom stereocenters. The van der Waals surface area contributed by atoms with Crippen LogP contribution in [0.5, 0.6) is 0 Å². The van der Waals surface area contributed by atoms with Crippen LogP contribution >= 0.6 is 0 Å². The van der Waals surface area contributed by atoms with Gasteiger partial charge in [-0.05, 0) is 12.5 Å². The van der Waals surface area contributed by atoms with Crippen LogP contribution in [0.15, 0.2) is 0 Å². The number of likely N-dealkylation sites (N-methyl/N-ethyl adjacent to an activating group) is 1. The van der Waals surface area contributed by atoms with Gasteiger partial charge in [-0.25, -0.2) is 0 Å². The van der Waals surface area contributed by atoms with E-state index >= 15 is 0 Å². The molecule has 1 rings (SSSR count). The minimum atomic E-state index is -0.329. The summed E-state index contributed by atoms with van der Waals surface area (Å²) in [4.78, 5) is 16.5. The van der Waals surface area contributed by atoms with Crippen molar-refractivity contribution in [3.8, 4) is 0 Å². The van der Waals surface area contributed by atoms with E-state index in [0.29, 0.717) is 12.5 Å². The van der Waals surface area contributed by atoms with Crippen LogP contribution in [0.3, 0.4) is 0 Å². The average Bonchev–Trinajstić information content (AvgIpc) is 2.42. The van der Waals surface area contributed by atoms with Crippen molar-refractivity contribution in [3.63, 3.8) is 0 Å². The summed E-state index contributed by atoms with van der Waals surface area (Å²) >= 11 is 0. The Morgan fingerprint density at radius 3 is 2.68 bits per heavy atom. The molecule has 22 heavy (non-hydrogen) atoms. The van der Waals surface area contributed by atoms with E-state index in [9.17, 15) is 4.79 Å². The van der Waals surface area contributed by atoms with Gasteiger partial charge in [-0.1, -0.05) is 34.6 Å². The Bertz CT molecular complexity index is 339. The van der Waals surface area contributed by atoms with E-state index in [4.69, 9.17) is 4.74 Å². The lowest BCUT2D eigenvalue weighted by molar-refractivity contribution is -0.141. The minimum Gasteiger partial charge on any atom is -0.374 e. The van der Waals surface area contributed by atoms with E-state index in [-0.39, 0.29) is 17.4 Å². The summed E-state index contributed by atoms with van der Waals surface area (Å²) in [6.07, 6.45) is 0.121. The third kappa shape index (κ3) is 7.07. The normalized spacial score (nSPS) is 20.4. The zero-order valence-electron chi connectivity index (χ0n) is 15.3. The van der Waals surface area contributed by atoms with Crippen molar-refractivity contribution in [2.24, 2.45) is 11.3 Å². The molecule has 0 radical (unpaired) electrons. The van der Waals surface area contributed by atoms with E-state index in [2.05, 4.69) is 24.1 Å². The Hall–Kier alpha value is -0.650. The molecule has 1 fully saturated rings. The lowest BCUT2D eigenvalue weighted by Gasteiger charge is -2.36. The van der Waals surface area contributed by atoms with Crippen LogP contribution in [-0.4, -0.2) is 74.7 Å². The molecule has 1 amide bonds. The highest BCUT2D eigenvalue weighted by molar-refractivity contribution is 5.81. The molecule has 1 aliphatic rings. The maximum absolute atomic E-state index is 12.2. The van der Waals surface area contributed by atoms with E-state index < -0.39 is 0 Å². The van der Waals surface area contributed by atoms with Crippen LogP contribution in [0, 0.1) is 11.3 Å². The maximum Gasteiger partial charge on any atom is 0.227 e. The number of hydrogen-bond donors (Lipinski definition) is 1. The van der Waals surface area contributed by atoms with Crippen LogP contribution in [-0.2, 0) is 9.53 Å². The van der Waals surface area contributed by atoms with Gasteiger partial charge >= 0.3 is 0 Å². The SMILES string of the molecule is CC(C)CNCCN1CCO[C@H](CN(C)C(=O)C(C)(C)C)C1. The van der Waals surface area contributed by atoms with E-state index in [0.717, 1.165) is 39.3 Å². The Labute approximate surface area is 136 Å². The van der Waals surface area contributed by atoms with E-state index in [1.165, 1.54) is 0 Å². The molecule has 0 spiro atoms. The quantitative estimate of drug-likeness (QED) is 0.722. The molecule has 1 heterocycles. The summed E-state index contributed by atoms with van der Waals surface area (Å²) in [5.74, 6) is 0.862. The Morgan fingerprint density at radius 1 is 1.41 bits per heavy atom. The fourth-order valence-corrected chi connectivity index (χ4v) is 2.68. The van der Waals surface area contributed by atoms with Crippen LogP contribution in [0.4, 0.5) is 0 Å². The molecule has 0 saturated carbocycles. The molecule has 0 aromatic heterocycles. The molecule has 0 aliphatic carbocycles. The first-order valence-electron chi connectivity index (χ1n) is 8.50. The van der Waals surface area contributed by atoms with Crippen LogP contribution < -0.4 is 5.32 Å². The second kappa shape index (κ2) is 8.85. The van der Waals surface area contributed by atoms with Crippen LogP contribution in [0.2, 0.25) is 0 Å². The Morgan fingerprint density at radius 2 is 2.09 bits per heavy atom. The third-order valence-corrected chi connectivity index (χ3v) is 3.85. The smallest absolute Gasteiger partial charge is 0.227 e. The minimum absolute atomic E-state index is 0.121. The van der Waals surface area contributed by atoms with Gasteiger partial charge in [0.05, 0.1) is 12.7 Å². The Balaban J connectivity index is 2.32. The number of hydrogen-bond acceptors (Lipinski definition) is 4. The van der Waals surface area contributed by atoms with Gasteiger partial charge in [0.15, 0.2) is 0 Å². The monoisotopic (exact) mass is 313 g/mol. The van der Waals surface area contributed by atoms with Gasteiger partial charge in [0.2, 0.25) is 5.91 Å². The zero-order valence-corrected chi connectivity index (χ0v) is 15.3. The van der Waals surface area contributed by atoms with E-state index in [1.54, 1.807) is 0 Å². The van der Waals surface area contributed by atoms with Gasteiger partial charge in [0.25, 0.3) is 0 Å². The summed E-state index contributed by atoms with van der Waals surface area (Å²) in [6, 6.07) is 0. The number of nitrogens with zero attached hydrogens (tertiary/aromatic N) is 2. The molecule has 5 heteroatoms. The summed E-state index contributed by atoms with van der Waals surface area (Å²) in [6.45, 7) is 16.8. The molecule has 130 valence electrons. The standard InChI is InChI=1S/C17H35N3O2/c1-14(2)11-18-7-8-20-9-10-22-15(13-20)12-19(6)16(21)17(3,4)5/h14-15,18H,7-13H2,1-6H3/t15-/m1/s1. The van der Waals surface area contributed by atoms with Gasteiger partial charge in [-0.15, -0.1) is 0 Å². The molecular formula is C17H35N3O2. The second-order valence-corrected chi connectivity index (χ2v) is 7.83. The van der Waals surface area contributed by atoms with Crippen LogP contribution in [0.25, 0.3) is 0 Å². The third-order valence-electron chi connectivity index (χ3n) is 3.85. The highest BCUT2D eigenvalue weighted by atomic mass is 16.5. The largest absolute Gasteiger partial charge is 0.374 e. The van der Waals surface area contributed by atoms with E-state index in [1.807, 2.05) is 32.7 Å². The number of amides is 1. The summed E-state index contributed by atoms with van der Waals surface area (Å²) in [5.41, 5.74) is -0.329. The molecule has 5 nitrogen and oxygen atoms in total. The highest BCUT2D eigenvalue weighted by Gasteiger charge is 2.28. The summed E-state index contributed by atoms with van der Waals surface area (Å²) in [5, 5.41) is 3.48. The lowest BCUT2D eigenvalue weighted by atomic mass is 9.95. The van der Waals surface area contributed by atoms with Crippen molar-refractivity contribution in [2.75, 3.05) is 52.9 Å². The molecule has 1 N–H and O–H groups in total. The van der Waals surface area contributed by atoms with Crippen molar-refractivity contribution in [3.05, 3.63) is 0 Å². The number of nitrogens with one attached hydrogen (secondary N) is 1. The summed E-state index contributed by atoms with van der Waals surface area (Å²) < 4.78 is 5.83. The second-order valence-electron chi connectivity index (χ2n) is 7.83. The summed E-state index contributed by atoms with van der Waals surface area (Å²) in [7, 11) is 1.88. The van der Waals surface area contributed by atoms with Crippen molar-refractivity contribution >= 4 is 5.91 Å². The topological polar surface area (TPSA) is 44.8 Å². The van der Waals surface area contributed by atoms with Gasteiger partial charge in [0, 0.05) is 45.2 Å². The molecule has 1 aliphatic heterocycles. The molecule has 0 aromatic rings. The molecule has 0 aromatic carbocycles. The predicted octanol–water partition coefficient (Wildman–Crippen LogP) is 1.44. The number of morpholine rings is 1. The molecular weight excluding hydrogens is 278 g/mol. The number of carbonyl (C=O) groups excluding carboxylic acids is 1. The first kappa shape index (κ1) is 19.4. The lowest BCUT2D eigenvalue weighted by Crippen LogP contribution is -2.50. The van der Waals surface area contributed by atoms with Crippen molar-refractivity contribution in [2.45, 2.75) is 40.7 Å². The van der Waals surface area contributed by atoms with Gasteiger partial charge in [-0.2, -0.15) is 0 Å². The first-order chi connectivity index (χ1) is 10.2. The van der Waals surface area contributed by atoms with Gasteiger partial charge < -0.3 is 15.0 Å². The fourth-order valence-electron chi connectivity index (χ4n) is 2.68. The first-order valence-corrected chi connectivity index (χ1v) is 8.50. The fraction of sp³-hybridized carbons (Fsp3) is 0.941. The number of rotatable bonds is 7. The number of carbonyl (C=O) groups is 1. The van der Waals surface area contributed by atoms with Crippen LogP contribution in [0.1, 0.15) is 34.6 Å². The van der Waals surface area contributed by atoms with Gasteiger partial charge in [0.1, 0.15) is 0 Å².